The van der Waals surface area contributed by atoms with Crippen molar-refractivity contribution in [2.45, 2.75) is 12.8 Å². The van der Waals surface area contributed by atoms with E-state index in [-0.39, 0.29) is 11.3 Å². The summed E-state index contributed by atoms with van der Waals surface area (Å²) in [4.78, 5) is 11.8. The SMILES string of the molecule is O=C(NCC1(CCl)CC1)c1ccc(Cl)c(Cl)c1. The van der Waals surface area contributed by atoms with Crippen LogP contribution in [-0.2, 0) is 0 Å². The van der Waals surface area contributed by atoms with Gasteiger partial charge in [-0.05, 0) is 31.0 Å². The number of rotatable bonds is 4. The fraction of sp³-hybridized carbons (Fsp3) is 0.417. The van der Waals surface area contributed by atoms with Crippen molar-refractivity contribution in [2.24, 2.45) is 5.41 Å². The van der Waals surface area contributed by atoms with Crippen LogP contribution in [-0.4, -0.2) is 18.3 Å². The molecule has 1 N–H and O–H groups in total. The molecule has 92 valence electrons. The molecule has 0 heterocycles. The van der Waals surface area contributed by atoms with Crippen LogP contribution in [0.15, 0.2) is 18.2 Å². The summed E-state index contributed by atoms with van der Waals surface area (Å²) < 4.78 is 0. The zero-order valence-corrected chi connectivity index (χ0v) is 11.4. The Morgan fingerprint density at radius 1 is 1.29 bits per heavy atom. The molecular weight excluding hydrogens is 280 g/mol. The molecule has 1 amide bonds. The van der Waals surface area contributed by atoms with Crippen LogP contribution in [0.2, 0.25) is 10.0 Å². The van der Waals surface area contributed by atoms with Crippen LogP contribution in [0.4, 0.5) is 0 Å². The summed E-state index contributed by atoms with van der Waals surface area (Å²) in [5, 5.41) is 3.71. The van der Waals surface area contributed by atoms with Crippen LogP contribution in [0.5, 0.6) is 0 Å². The highest BCUT2D eigenvalue weighted by molar-refractivity contribution is 6.42. The van der Waals surface area contributed by atoms with Gasteiger partial charge in [0.05, 0.1) is 10.0 Å². The number of carbonyl (C=O) groups is 1. The van der Waals surface area contributed by atoms with Gasteiger partial charge in [0.15, 0.2) is 0 Å². The number of halogens is 3. The van der Waals surface area contributed by atoms with Crippen molar-refractivity contribution in [3.8, 4) is 0 Å². The maximum Gasteiger partial charge on any atom is 0.251 e. The van der Waals surface area contributed by atoms with Gasteiger partial charge in [-0.15, -0.1) is 11.6 Å². The lowest BCUT2D eigenvalue weighted by Crippen LogP contribution is -2.30. The van der Waals surface area contributed by atoms with E-state index in [1.165, 1.54) is 0 Å². The number of hydrogen-bond donors (Lipinski definition) is 1. The van der Waals surface area contributed by atoms with E-state index in [4.69, 9.17) is 34.8 Å². The molecule has 1 saturated carbocycles. The minimum absolute atomic E-state index is 0.118. The topological polar surface area (TPSA) is 29.1 Å². The first-order valence-corrected chi connectivity index (χ1v) is 6.65. The summed E-state index contributed by atoms with van der Waals surface area (Å²) in [7, 11) is 0. The van der Waals surface area contributed by atoms with Crippen LogP contribution in [0.1, 0.15) is 23.2 Å². The summed E-state index contributed by atoms with van der Waals surface area (Å²) in [5.74, 6) is 0.453. The van der Waals surface area contributed by atoms with Crippen LogP contribution in [0.3, 0.4) is 0 Å². The summed E-state index contributed by atoms with van der Waals surface area (Å²) >= 11 is 17.5. The standard InChI is InChI=1S/C12H12Cl3NO/c13-6-12(3-4-12)7-16-11(17)8-1-2-9(14)10(15)5-8/h1-2,5H,3-4,6-7H2,(H,16,17). The smallest absolute Gasteiger partial charge is 0.251 e. The van der Waals surface area contributed by atoms with E-state index < -0.39 is 0 Å². The van der Waals surface area contributed by atoms with Gasteiger partial charge in [-0.3, -0.25) is 4.79 Å². The van der Waals surface area contributed by atoms with Gasteiger partial charge < -0.3 is 5.32 Å². The highest BCUT2D eigenvalue weighted by Crippen LogP contribution is 2.45. The third-order valence-electron chi connectivity index (χ3n) is 3.05. The molecule has 0 radical (unpaired) electrons. The molecule has 0 aromatic heterocycles. The molecule has 2 nitrogen and oxygen atoms in total. The fourth-order valence-electron chi connectivity index (χ4n) is 1.54. The molecule has 0 saturated heterocycles. The molecule has 1 fully saturated rings. The number of amides is 1. The van der Waals surface area contributed by atoms with Crippen molar-refractivity contribution in [2.75, 3.05) is 12.4 Å². The first kappa shape index (κ1) is 13.0. The van der Waals surface area contributed by atoms with E-state index in [0.717, 1.165) is 12.8 Å². The fourth-order valence-corrected chi connectivity index (χ4v) is 2.20. The molecular formula is C12H12Cl3NO. The highest BCUT2D eigenvalue weighted by atomic mass is 35.5. The van der Waals surface area contributed by atoms with Gasteiger partial charge >= 0.3 is 0 Å². The monoisotopic (exact) mass is 291 g/mol. The van der Waals surface area contributed by atoms with E-state index in [1.807, 2.05) is 0 Å². The third kappa shape index (κ3) is 3.06. The quantitative estimate of drug-likeness (QED) is 0.842. The maximum atomic E-state index is 11.8. The van der Waals surface area contributed by atoms with Crippen LogP contribution >= 0.6 is 34.8 Å². The average Bonchev–Trinajstić information content (AvgIpc) is 3.10. The van der Waals surface area contributed by atoms with Crippen LogP contribution < -0.4 is 5.32 Å². The Balaban J connectivity index is 1.97. The molecule has 1 aromatic rings. The normalized spacial score (nSPS) is 16.6. The largest absolute Gasteiger partial charge is 0.351 e. The molecule has 0 atom stereocenters. The average molecular weight is 293 g/mol. The van der Waals surface area contributed by atoms with E-state index in [2.05, 4.69) is 5.32 Å². The van der Waals surface area contributed by atoms with Gasteiger partial charge in [-0.25, -0.2) is 0 Å². The zero-order chi connectivity index (χ0) is 12.5. The van der Waals surface area contributed by atoms with Gasteiger partial charge in [0.25, 0.3) is 5.91 Å². The Morgan fingerprint density at radius 2 is 2.00 bits per heavy atom. The first-order chi connectivity index (χ1) is 8.06. The number of benzene rings is 1. The molecule has 1 aliphatic rings. The molecule has 0 bridgehead atoms. The predicted octanol–water partition coefficient (Wildman–Crippen LogP) is 3.74. The molecule has 1 aliphatic carbocycles. The summed E-state index contributed by atoms with van der Waals surface area (Å²) in [6, 6.07) is 4.84. The highest BCUT2D eigenvalue weighted by Gasteiger charge is 2.41. The summed E-state index contributed by atoms with van der Waals surface area (Å²) in [6.45, 7) is 0.621. The molecule has 1 aromatic carbocycles. The number of nitrogens with one attached hydrogen (secondary N) is 1. The van der Waals surface area contributed by atoms with Crippen molar-refractivity contribution in [3.63, 3.8) is 0 Å². The Kier molecular flexibility index (Phi) is 3.86. The Morgan fingerprint density at radius 3 is 2.53 bits per heavy atom. The molecule has 2 rings (SSSR count). The molecule has 5 heteroatoms. The third-order valence-corrected chi connectivity index (χ3v) is 4.35. The minimum atomic E-state index is -0.139. The maximum absolute atomic E-state index is 11.8. The first-order valence-electron chi connectivity index (χ1n) is 5.36. The van der Waals surface area contributed by atoms with E-state index >= 15 is 0 Å². The van der Waals surface area contributed by atoms with E-state index in [1.54, 1.807) is 18.2 Å². The molecule has 0 unspecified atom stereocenters. The predicted molar refractivity (Wildman–Crippen MR) is 71.2 cm³/mol. The van der Waals surface area contributed by atoms with Crippen molar-refractivity contribution < 1.29 is 4.79 Å². The number of alkyl halides is 1. The Labute approximate surface area is 115 Å². The minimum Gasteiger partial charge on any atom is -0.351 e. The second-order valence-electron chi connectivity index (χ2n) is 4.45. The number of hydrogen-bond acceptors (Lipinski definition) is 1. The van der Waals surface area contributed by atoms with Crippen molar-refractivity contribution in [3.05, 3.63) is 33.8 Å². The number of carbonyl (C=O) groups excluding carboxylic acids is 1. The van der Waals surface area contributed by atoms with Gasteiger partial charge in [0.1, 0.15) is 0 Å². The van der Waals surface area contributed by atoms with Crippen LogP contribution in [0.25, 0.3) is 0 Å². The van der Waals surface area contributed by atoms with Gasteiger partial charge in [-0.2, -0.15) is 0 Å². The lowest BCUT2D eigenvalue weighted by atomic mass is 10.1. The molecule has 0 aliphatic heterocycles. The van der Waals surface area contributed by atoms with Crippen molar-refractivity contribution in [1.82, 2.24) is 5.32 Å². The summed E-state index contributed by atoms with van der Waals surface area (Å²) in [6.07, 6.45) is 2.16. The molecule has 0 spiro atoms. The van der Waals surface area contributed by atoms with Gasteiger partial charge in [-0.1, -0.05) is 23.2 Å². The van der Waals surface area contributed by atoms with Crippen LogP contribution in [0, 0.1) is 5.41 Å². The lowest BCUT2D eigenvalue weighted by molar-refractivity contribution is 0.0946. The zero-order valence-electron chi connectivity index (χ0n) is 9.10. The second-order valence-corrected chi connectivity index (χ2v) is 5.53. The second kappa shape index (κ2) is 5.05. The van der Waals surface area contributed by atoms with Crippen molar-refractivity contribution in [1.29, 1.82) is 0 Å². The Hall–Kier alpha value is -0.440. The molecule has 17 heavy (non-hydrogen) atoms. The van der Waals surface area contributed by atoms with E-state index in [0.29, 0.717) is 28.0 Å². The summed E-state index contributed by atoms with van der Waals surface area (Å²) in [5.41, 5.74) is 0.637. The van der Waals surface area contributed by atoms with E-state index in [9.17, 15) is 4.79 Å². The van der Waals surface area contributed by atoms with Gasteiger partial charge in [0, 0.05) is 23.4 Å². The van der Waals surface area contributed by atoms with Gasteiger partial charge in [0.2, 0.25) is 0 Å². The lowest BCUT2D eigenvalue weighted by Gasteiger charge is -2.12. The Bertz CT molecular complexity index is 443. The van der Waals surface area contributed by atoms with Crippen molar-refractivity contribution >= 4 is 40.7 Å².